The fraction of sp³-hybridized carbons (Fsp3) is 0.579. The maximum Gasteiger partial charge on any atom is 0.315 e. The number of hydrogen-bond acceptors (Lipinski definition) is 3. The number of nitrogens with one attached hydrogen (secondary N) is 2. The van der Waals surface area contributed by atoms with Crippen LogP contribution < -0.4 is 15.5 Å². The lowest BCUT2D eigenvalue weighted by molar-refractivity contribution is -0.117. The minimum atomic E-state index is -0.334. The van der Waals surface area contributed by atoms with E-state index in [1.54, 1.807) is 17.0 Å². The second-order valence-corrected chi connectivity index (χ2v) is 7.04. The molecule has 0 aliphatic carbocycles. The monoisotopic (exact) mass is 362 g/mol. The summed E-state index contributed by atoms with van der Waals surface area (Å²) in [6.45, 7) is 4.38. The van der Waals surface area contributed by atoms with Gasteiger partial charge in [-0.1, -0.05) is 6.42 Å². The van der Waals surface area contributed by atoms with Crippen LogP contribution in [0.4, 0.5) is 14.9 Å². The number of nitrogens with zero attached hydrogens (tertiary/aromatic N) is 2. The van der Waals surface area contributed by atoms with Gasteiger partial charge in [0, 0.05) is 25.2 Å². The lowest BCUT2D eigenvalue weighted by Crippen LogP contribution is -2.44. The van der Waals surface area contributed by atoms with Gasteiger partial charge < -0.3 is 20.4 Å². The van der Waals surface area contributed by atoms with Crippen molar-refractivity contribution in [2.24, 2.45) is 0 Å². The highest BCUT2D eigenvalue weighted by molar-refractivity contribution is 5.96. The summed E-state index contributed by atoms with van der Waals surface area (Å²) in [6, 6.07) is 5.36. The van der Waals surface area contributed by atoms with Crippen LogP contribution in [0.25, 0.3) is 0 Å². The molecule has 2 saturated heterocycles. The average molecular weight is 362 g/mol. The van der Waals surface area contributed by atoms with Crippen molar-refractivity contribution in [3.63, 3.8) is 0 Å². The summed E-state index contributed by atoms with van der Waals surface area (Å²) in [5, 5.41) is 5.73. The predicted octanol–water partition coefficient (Wildman–Crippen LogP) is 2.11. The van der Waals surface area contributed by atoms with Crippen molar-refractivity contribution in [1.29, 1.82) is 0 Å². The van der Waals surface area contributed by atoms with Crippen LogP contribution >= 0.6 is 0 Å². The zero-order valence-corrected chi connectivity index (χ0v) is 15.0. The van der Waals surface area contributed by atoms with Gasteiger partial charge in [-0.3, -0.25) is 4.79 Å². The quantitative estimate of drug-likeness (QED) is 0.762. The van der Waals surface area contributed by atoms with Gasteiger partial charge in [-0.05, 0) is 63.2 Å². The van der Waals surface area contributed by atoms with E-state index in [0.29, 0.717) is 18.8 Å². The molecule has 142 valence electrons. The molecule has 0 unspecified atom stereocenters. The summed E-state index contributed by atoms with van der Waals surface area (Å²) in [6.07, 6.45) is 5.06. The molecule has 0 bridgehead atoms. The number of hydrogen-bond donors (Lipinski definition) is 2. The Labute approximate surface area is 153 Å². The first-order valence-corrected chi connectivity index (χ1v) is 9.44. The molecule has 3 amide bonds. The number of benzene rings is 1. The summed E-state index contributed by atoms with van der Waals surface area (Å²) in [5.41, 5.74) is 0.655. The molecule has 7 heteroatoms. The predicted molar refractivity (Wildman–Crippen MR) is 98.6 cm³/mol. The van der Waals surface area contributed by atoms with Crippen molar-refractivity contribution in [3.05, 3.63) is 30.1 Å². The van der Waals surface area contributed by atoms with E-state index in [1.807, 2.05) is 0 Å². The van der Waals surface area contributed by atoms with Crippen molar-refractivity contribution in [2.45, 2.75) is 38.1 Å². The van der Waals surface area contributed by atoms with E-state index in [2.05, 4.69) is 15.5 Å². The topological polar surface area (TPSA) is 64.7 Å². The Hall–Kier alpha value is -2.15. The summed E-state index contributed by atoms with van der Waals surface area (Å²) in [4.78, 5) is 28.2. The normalized spacial score (nSPS) is 21.0. The summed E-state index contributed by atoms with van der Waals surface area (Å²) in [5.74, 6) is -0.397. The van der Waals surface area contributed by atoms with Crippen LogP contribution in [0.2, 0.25) is 0 Å². The summed E-state index contributed by atoms with van der Waals surface area (Å²) >= 11 is 0. The van der Waals surface area contributed by atoms with E-state index >= 15 is 0 Å². The Balaban J connectivity index is 1.36. The van der Waals surface area contributed by atoms with E-state index < -0.39 is 0 Å². The molecule has 2 aliphatic heterocycles. The Morgan fingerprint density at radius 1 is 1.15 bits per heavy atom. The largest absolute Gasteiger partial charge is 0.338 e. The third-order valence-electron chi connectivity index (χ3n) is 4.98. The van der Waals surface area contributed by atoms with Gasteiger partial charge in [0.2, 0.25) is 5.91 Å². The molecule has 1 atom stereocenters. The maximum absolute atomic E-state index is 13.0. The number of amides is 3. The van der Waals surface area contributed by atoms with E-state index in [0.717, 1.165) is 26.1 Å². The number of likely N-dealkylation sites (tertiary alicyclic amines) is 1. The molecule has 0 saturated carbocycles. The van der Waals surface area contributed by atoms with Gasteiger partial charge in [-0.25, -0.2) is 9.18 Å². The van der Waals surface area contributed by atoms with Crippen LogP contribution in [-0.2, 0) is 4.79 Å². The first kappa shape index (κ1) is 18.6. The Bertz CT molecular complexity index is 616. The number of urea groups is 1. The zero-order chi connectivity index (χ0) is 18.4. The van der Waals surface area contributed by atoms with Gasteiger partial charge in [0.05, 0.1) is 6.04 Å². The Morgan fingerprint density at radius 2 is 1.88 bits per heavy atom. The third-order valence-corrected chi connectivity index (χ3v) is 4.98. The van der Waals surface area contributed by atoms with Gasteiger partial charge in [0.25, 0.3) is 0 Å². The highest BCUT2D eigenvalue weighted by Crippen LogP contribution is 2.21. The highest BCUT2D eigenvalue weighted by atomic mass is 19.1. The maximum atomic E-state index is 13.0. The minimum absolute atomic E-state index is 0.0630. The molecule has 26 heavy (non-hydrogen) atoms. The summed E-state index contributed by atoms with van der Waals surface area (Å²) < 4.78 is 13.0. The SMILES string of the molecule is O=C(NCCCN1CCCCC1)N[C@H]1CC(=O)N(c2ccc(F)cc2)C1. The number of anilines is 1. The van der Waals surface area contributed by atoms with E-state index in [-0.39, 0.29) is 30.2 Å². The molecule has 0 spiro atoms. The smallest absolute Gasteiger partial charge is 0.315 e. The van der Waals surface area contributed by atoms with Crippen molar-refractivity contribution in [2.75, 3.05) is 37.6 Å². The number of piperidine rings is 1. The van der Waals surface area contributed by atoms with Crippen LogP contribution in [-0.4, -0.2) is 55.6 Å². The van der Waals surface area contributed by atoms with Crippen LogP contribution in [0.5, 0.6) is 0 Å². The highest BCUT2D eigenvalue weighted by Gasteiger charge is 2.31. The molecule has 2 aliphatic rings. The standard InChI is InChI=1S/C19H27FN4O2/c20-15-5-7-17(8-6-15)24-14-16(13-18(24)25)22-19(26)21-9-4-12-23-10-2-1-3-11-23/h5-8,16H,1-4,9-14H2,(H2,21,22,26)/t16-/m0/s1. The fourth-order valence-electron chi connectivity index (χ4n) is 3.60. The van der Waals surface area contributed by atoms with Crippen molar-refractivity contribution in [1.82, 2.24) is 15.5 Å². The number of rotatable bonds is 6. The molecule has 1 aromatic carbocycles. The molecule has 2 N–H and O–H groups in total. The van der Waals surface area contributed by atoms with Crippen LogP contribution in [0, 0.1) is 5.82 Å². The Morgan fingerprint density at radius 3 is 2.62 bits per heavy atom. The van der Waals surface area contributed by atoms with E-state index in [9.17, 15) is 14.0 Å². The average Bonchev–Trinajstić information content (AvgIpc) is 3.00. The minimum Gasteiger partial charge on any atom is -0.338 e. The fourth-order valence-corrected chi connectivity index (χ4v) is 3.60. The molecule has 6 nitrogen and oxygen atoms in total. The molecule has 1 aromatic rings. The van der Waals surface area contributed by atoms with Crippen LogP contribution in [0.3, 0.4) is 0 Å². The van der Waals surface area contributed by atoms with Crippen molar-refractivity contribution >= 4 is 17.6 Å². The Kier molecular flexibility index (Phi) is 6.44. The molecular formula is C19H27FN4O2. The van der Waals surface area contributed by atoms with E-state index in [1.165, 1.54) is 31.4 Å². The van der Waals surface area contributed by atoms with Gasteiger partial charge in [-0.15, -0.1) is 0 Å². The molecule has 3 rings (SSSR count). The van der Waals surface area contributed by atoms with Crippen LogP contribution in [0.1, 0.15) is 32.1 Å². The van der Waals surface area contributed by atoms with E-state index in [4.69, 9.17) is 0 Å². The molecule has 0 radical (unpaired) electrons. The van der Waals surface area contributed by atoms with Gasteiger partial charge in [-0.2, -0.15) is 0 Å². The van der Waals surface area contributed by atoms with Crippen molar-refractivity contribution < 1.29 is 14.0 Å². The molecule has 0 aromatic heterocycles. The number of carbonyl (C=O) groups is 2. The van der Waals surface area contributed by atoms with Crippen LogP contribution in [0.15, 0.2) is 24.3 Å². The first-order chi connectivity index (χ1) is 12.6. The third kappa shape index (κ3) is 5.17. The molecule has 2 heterocycles. The molecular weight excluding hydrogens is 335 g/mol. The number of carbonyl (C=O) groups excluding carboxylic acids is 2. The summed E-state index contributed by atoms with van der Waals surface area (Å²) in [7, 11) is 0. The second kappa shape index (κ2) is 8.98. The number of halogens is 1. The lowest BCUT2D eigenvalue weighted by Gasteiger charge is -2.26. The lowest BCUT2D eigenvalue weighted by atomic mass is 10.1. The van der Waals surface area contributed by atoms with Gasteiger partial charge in [0.1, 0.15) is 5.82 Å². The second-order valence-electron chi connectivity index (χ2n) is 7.04. The first-order valence-electron chi connectivity index (χ1n) is 9.44. The van der Waals surface area contributed by atoms with Gasteiger partial charge >= 0.3 is 6.03 Å². The van der Waals surface area contributed by atoms with Gasteiger partial charge in [0.15, 0.2) is 0 Å². The molecule has 2 fully saturated rings. The van der Waals surface area contributed by atoms with Crippen molar-refractivity contribution in [3.8, 4) is 0 Å². The zero-order valence-electron chi connectivity index (χ0n) is 15.0.